The van der Waals surface area contributed by atoms with E-state index in [1.807, 2.05) is 0 Å². The molecule has 0 spiro atoms. The second kappa shape index (κ2) is 4.99. The zero-order chi connectivity index (χ0) is 15.3. The van der Waals surface area contributed by atoms with Crippen LogP contribution in [-0.2, 0) is 11.2 Å². The SMILES string of the molecule is CC1(C)CC(Oc2ccc3c(c2)[C@H](N)CCC3)C(C)(C)O1. The van der Waals surface area contributed by atoms with Gasteiger partial charge in [0.1, 0.15) is 17.5 Å². The van der Waals surface area contributed by atoms with Crippen LogP contribution in [0.3, 0.4) is 0 Å². The van der Waals surface area contributed by atoms with Crippen molar-refractivity contribution >= 4 is 0 Å². The summed E-state index contributed by atoms with van der Waals surface area (Å²) in [4.78, 5) is 0. The Balaban J connectivity index is 1.81. The van der Waals surface area contributed by atoms with Gasteiger partial charge in [0, 0.05) is 12.5 Å². The summed E-state index contributed by atoms with van der Waals surface area (Å²) in [7, 11) is 0. The van der Waals surface area contributed by atoms with Crippen molar-refractivity contribution in [1.29, 1.82) is 0 Å². The third-order valence-electron chi connectivity index (χ3n) is 4.75. The monoisotopic (exact) mass is 289 g/mol. The molecule has 0 radical (unpaired) electrons. The Morgan fingerprint density at radius 3 is 2.67 bits per heavy atom. The van der Waals surface area contributed by atoms with Crippen molar-refractivity contribution < 1.29 is 9.47 Å². The second-order valence-corrected chi connectivity index (χ2v) is 7.64. The standard InChI is InChI=1S/C18H27NO2/c1-17(2)11-16(18(3,4)21-17)20-13-9-8-12-6-5-7-15(19)14(12)10-13/h8-10,15-16H,5-7,11,19H2,1-4H3/t15-,16?/m1/s1. The summed E-state index contributed by atoms with van der Waals surface area (Å²) < 4.78 is 12.4. The van der Waals surface area contributed by atoms with E-state index in [9.17, 15) is 0 Å². The van der Waals surface area contributed by atoms with Crippen LogP contribution in [0.1, 0.15) is 64.1 Å². The minimum atomic E-state index is -0.262. The van der Waals surface area contributed by atoms with Crippen molar-refractivity contribution in [1.82, 2.24) is 0 Å². The highest BCUT2D eigenvalue weighted by Gasteiger charge is 2.47. The maximum absolute atomic E-state index is 6.26. The summed E-state index contributed by atoms with van der Waals surface area (Å²) in [6.07, 6.45) is 4.37. The largest absolute Gasteiger partial charge is 0.487 e. The summed E-state index contributed by atoms with van der Waals surface area (Å²) in [5, 5.41) is 0. The molecule has 1 aliphatic carbocycles. The Kier molecular flexibility index (Phi) is 3.53. The Morgan fingerprint density at radius 1 is 1.24 bits per heavy atom. The summed E-state index contributed by atoms with van der Waals surface area (Å²) >= 11 is 0. The lowest BCUT2D eigenvalue weighted by atomic mass is 9.88. The molecule has 0 bridgehead atoms. The fraction of sp³-hybridized carbons (Fsp3) is 0.667. The van der Waals surface area contributed by atoms with Crippen molar-refractivity contribution in [3.8, 4) is 5.75 Å². The molecule has 2 atom stereocenters. The second-order valence-electron chi connectivity index (χ2n) is 7.64. The molecule has 3 heteroatoms. The van der Waals surface area contributed by atoms with Gasteiger partial charge in [-0.25, -0.2) is 0 Å². The van der Waals surface area contributed by atoms with Crippen molar-refractivity contribution in [3.05, 3.63) is 29.3 Å². The molecule has 1 fully saturated rings. The highest BCUT2D eigenvalue weighted by molar-refractivity contribution is 5.39. The maximum Gasteiger partial charge on any atom is 0.130 e. The van der Waals surface area contributed by atoms with Gasteiger partial charge in [-0.05, 0) is 70.2 Å². The first-order chi connectivity index (χ1) is 9.77. The van der Waals surface area contributed by atoms with E-state index in [0.29, 0.717) is 0 Å². The first-order valence-corrected chi connectivity index (χ1v) is 8.02. The smallest absolute Gasteiger partial charge is 0.130 e. The molecule has 3 nitrogen and oxygen atoms in total. The highest BCUT2D eigenvalue weighted by atomic mass is 16.6. The normalized spacial score (nSPS) is 30.0. The molecule has 1 aromatic carbocycles. The average Bonchev–Trinajstić information content (AvgIpc) is 2.58. The van der Waals surface area contributed by atoms with Gasteiger partial charge >= 0.3 is 0 Å². The molecule has 1 saturated heterocycles. The molecular weight excluding hydrogens is 262 g/mol. The number of benzene rings is 1. The molecule has 3 rings (SSSR count). The molecule has 116 valence electrons. The third kappa shape index (κ3) is 2.95. The predicted molar refractivity (Wildman–Crippen MR) is 84.6 cm³/mol. The number of hydrogen-bond acceptors (Lipinski definition) is 3. The molecule has 0 aromatic heterocycles. The van der Waals surface area contributed by atoms with Gasteiger partial charge in [0.05, 0.1) is 5.60 Å². The summed E-state index contributed by atoms with van der Waals surface area (Å²) in [5.74, 6) is 0.922. The van der Waals surface area contributed by atoms with Crippen molar-refractivity contribution in [2.45, 2.75) is 76.7 Å². The van der Waals surface area contributed by atoms with E-state index in [1.54, 1.807) is 0 Å². The zero-order valence-electron chi connectivity index (χ0n) is 13.6. The Bertz CT molecular complexity index is 536. The van der Waals surface area contributed by atoms with Gasteiger partial charge in [0.2, 0.25) is 0 Å². The molecule has 2 aliphatic rings. The molecule has 2 N–H and O–H groups in total. The van der Waals surface area contributed by atoms with Crippen molar-refractivity contribution in [2.75, 3.05) is 0 Å². The van der Waals surface area contributed by atoms with Gasteiger partial charge in [0.15, 0.2) is 0 Å². The molecule has 1 unspecified atom stereocenters. The fourth-order valence-corrected chi connectivity index (χ4v) is 3.75. The van der Waals surface area contributed by atoms with Gasteiger partial charge in [0.25, 0.3) is 0 Å². The van der Waals surface area contributed by atoms with Crippen LogP contribution in [0, 0.1) is 0 Å². The van der Waals surface area contributed by atoms with Gasteiger partial charge in [-0.2, -0.15) is 0 Å². The van der Waals surface area contributed by atoms with Crippen LogP contribution in [0.5, 0.6) is 5.75 Å². The molecule has 1 aromatic rings. The van der Waals surface area contributed by atoms with E-state index in [0.717, 1.165) is 25.0 Å². The lowest BCUT2D eigenvalue weighted by Gasteiger charge is -2.28. The zero-order valence-corrected chi connectivity index (χ0v) is 13.6. The summed E-state index contributed by atoms with van der Waals surface area (Å²) in [5.41, 5.74) is 8.49. The van der Waals surface area contributed by atoms with Crippen molar-refractivity contribution in [3.63, 3.8) is 0 Å². The van der Waals surface area contributed by atoms with Crippen LogP contribution < -0.4 is 10.5 Å². The van der Waals surface area contributed by atoms with Crippen molar-refractivity contribution in [2.24, 2.45) is 5.73 Å². The summed E-state index contributed by atoms with van der Waals surface area (Å²) in [6.45, 7) is 8.47. The number of rotatable bonds is 2. The van der Waals surface area contributed by atoms with Crippen LogP contribution in [-0.4, -0.2) is 17.3 Å². The van der Waals surface area contributed by atoms with E-state index in [4.69, 9.17) is 15.2 Å². The topological polar surface area (TPSA) is 44.5 Å². The van der Waals surface area contributed by atoms with Crippen LogP contribution in [0.4, 0.5) is 0 Å². The third-order valence-corrected chi connectivity index (χ3v) is 4.75. The van der Waals surface area contributed by atoms with Gasteiger partial charge in [-0.3, -0.25) is 0 Å². The molecule has 21 heavy (non-hydrogen) atoms. The minimum absolute atomic E-state index is 0.0744. The molecule has 1 heterocycles. The number of aryl methyl sites for hydroxylation is 1. The van der Waals surface area contributed by atoms with Crippen LogP contribution >= 0.6 is 0 Å². The molecular formula is C18H27NO2. The number of ether oxygens (including phenoxy) is 2. The van der Waals surface area contributed by atoms with E-state index >= 15 is 0 Å². The Labute approximate surface area is 127 Å². The first kappa shape index (κ1) is 14.9. The fourth-order valence-electron chi connectivity index (χ4n) is 3.75. The number of fused-ring (bicyclic) bond motifs is 1. The average molecular weight is 289 g/mol. The van der Waals surface area contributed by atoms with Crippen LogP contribution in [0.2, 0.25) is 0 Å². The van der Waals surface area contributed by atoms with Crippen LogP contribution in [0.25, 0.3) is 0 Å². The highest BCUT2D eigenvalue weighted by Crippen LogP contribution is 2.40. The Morgan fingerprint density at radius 2 is 2.00 bits per heavy atom. The van der Waals surface area contributed by atoms with Crippen LogP contribution in [0.15, 0.2) is 18.2 Å². The predicted octanol–water partition coefficient (Wildman–Crippen LogP) is 3.75. The lowest BCUT2D eigenvalue weighted by molar-refractivity contribution is -0.0846. The molecule has 1 aliphatic heterocycles. The molecule has 0 saturated carbocycles. The van der Waals surface area contributed by atoms with Gasteiger partial charge < -0.3 is 15.2 Å². The van der Waals surface area contributed by atoms with Gasteiger partial charge in [-0.1, -0.05) is 6.07 Å². The molecule has 0 amide bonds. The lowest BCUT2D eigenvalue weighted by Crippen LogP contribution is -2.36. The quantitative estimate of drug-likeness (QED) is 0.902. The summed E-state index contributed by atoms with van der Waals surface area (Å²) in [6, 6.07) is 6.55. The Hall–Kier alpha value is -1.06. The van der Waals surface area contributed by atoms with E-state index in [1.165, 1.54) is 17.5 Å². The van der Waals surface area contributed by atoms with E-state index < -0.39 is 0 Å². The number of hydrogen-bond donors (Lipinski definition) is 1. The van der Waals surface area contributed by atoms with E-state index in [2.05, 4.69) is 45.9 Å². The van der Waals surface area contributed by atoms with E-state index in [-0.39, 0.29) is 23.3 Å². The minimum Gasteiger partial charge on any atom is -0.487 e. The maximum atomic E-state index is 6.26. The van der Waals surface area contributed by atoms with Gasteiger partial charge in [-0.15, -0.1) is 0 Å². The number of nitrogens with two attached hydrogens (primary N) is 1. The first-order valence-electron chi connectivity index (χ1n) is 8.02.